The lowest BCUT2D eigenvalue weighted by Crippen LogP contribution is -2.19. The van der Waals surface area contributed by atoms with Crippen molar-refractivity contribution in [3.63, 3.8) is 0 Å². The molecule has 5 nitrogen and oxygen atoms in total. The monoisotopic (exact) mass is 245 g/mol. The quantitative estimate of drug-likeness (QED) is 0.483. The van der Waals surface area contributed by atoms with Crippen molar-refractivity contribution >= 4 is 11.9 Å². The Balaban J connectivity index is 3.24. The number of nitrogens with two attached hydrogens (primary N) is 1. The first-order valence-electron chi connectivity index (χ1n) is 6.21. The van der Waals surface area contributed by atoms with Gasteiger partial charge in [-0.25, -0.2) is 0 Å². The van der Waals surface area contributed by atoms with E-state index in [4.69, 9.17) is 15.9 Å². The maximum atomic E-state index is 10.3. The summed E-state index contributed by atoms with van der Waals surface area (Å²) >= 11 is 0. The summed E-state index contributed by atoms with van der Waals surface area (Å²) in [6.07, 6.45) is 6.35. The highest BCUT2D eigenvalue weighted by molar-refractivity contribution is 5.66. The van der Waals surface area contributed by atoms with Crippen LogP contribution >= 0.6 is 0 Å². The minimum absolute atomic E-state index is 0.0776. The van der Waals surface area contributed by atoms with E-state index in [-0.39, 0.29) is 18.9 Å². The van der Waals surface area contributed by atoms with Crippen LogP contribution in [0.25, 0.3) is 0 Å². The zero-order valence-electron chi connectivity index (χ0n) is 10.2. The number of hydrogen-bond acceptors (Lipinski definition) is 3. The molecule has 0 aliphatic heterocycles. The van der Waals surface area contributed by atoms with Crippen molar-refractivity contribution in [2.24, 2.45) is 5.73 Å². The summed E-state index contributed by atoms with van der Waals surface area (Å²) in [7, 11) is 0. The predicted molar refractivity (Wildman–Crippen MR) is 64.8 cm³/mol. The molecule has 0 heterocycles. The molecule has 0 saturated heterocycles. The Morgan fingerprint density at radius 3 is 1.88 bits per heavy atom. The van der Waals surface area contributed by atoms with E-state index in [0.717, 1.165) is 38.5 Å². The van der Waals surface area contributed by atoms with Crippen LogP contribution in [0.5, 0.6) is 0 Å². The van der Waals surface area contributed by atoms with Gasteiger partial charge in [0.15, 0.2) is 0 Å². The average molecular weight is 245 g/mol. The summed E-state index contributed by atoms with van der Waals surface area (Å²) in [6, 6.07) is 0.0776. The van der Waals surface area contributed by atoms with Crippen molar-refractivity contribution < 1.29 is 19.8 Å². The second kappa shape index (κ2) is 10.1. The molecule has 0 aromatic carbocycles. The van der Waals surface area contributed by atoms with E-state index in [1.165, 1.54) is 0 Å². The van der Waals surface area contributed by atoms with Crippen LogP contribution in [-0.4, -0.2) is 28.2 Å². The molecular weight excluding hydrogens is 222 g/mol. The molecular formula is C12H23NO4. The molecule has 4 N–H and O–H groups in total. The van der Waals surface area contributed by atoms with Gasteiger partial charge in [0.05, 0.1) is 0 Å². The van der Waals surface area contributed by atoms with Gasteiger partial charge < -0.3 is 15.9 Å². The molecule has 0 aliphatic rings. The predicted octanol–water partition coefficient (Wildman–Crippen LogP) is 1.99. The van der Waals surface area contributed by atoms with Crippen LogP contribution in [0.2, 0.25) is 0 Å². The van der Waals surface area contributed by atoms with E-state index >= 15 is 0 Å². The van der Waals surface area contributed by atoms with Crippen molar-refractivity contribution in [2.75, 3.05) is 0 Å². The van der Waals surface area contributed by atoms with Crippen molar-refractivity contribution in [1.82, 2.24) is 0 Å². The Morgan fingerprint density at radius 1 is 0.824 bits per heavy atom. The van der Waals surface area contributed by atoms with Crippen LogP contribution in [0, 0.1) is 0 Å². The van der Waals surface area contributed by atoms with Crippen LogP contribution in [0.15, 0.2) is 0 Å². The number of carboxylic acids is 2. The van der Waals surface area contributed by atoms with Crippen LogP contribution < -0.4 is 5.73 Å². The molecule has 0 fully saturated rings. The number of hydrogen-bond donors (Lipinski definition) is 3. The summed E-state index contributed by atoms with van der Waals surface area (Å²) in [6.45, 7) is 0. The molecule has 0 spiro atoms. The zero-order valence-corrected chi connectivity index (χ0v) is 10.2. The lowest BCUT2D eigenvalue weighted by molar-refractivity contribution is -0.138. The SMILES string of the molecule is N[C@@H](CCCCCCC(=O)O)CCCC(=O)O. The van der Waals surface area contributed by atoms with Gasteiger partial charge in [-0.05, 0) is 25.7 Å². The normalized spacial score (nSPS) is 12.3. The van der Waals surface area contributed by atoms with E-state index < -0.39 is 11.9 Å². The van der Waals surface area contributed by atoms with Crippen molar-refractivity contribution in [3.8, 4) is 0 Å². The molecule has 0 radical (unpaired) electrons. The second-order valence-electron chi connectivity index (χ2n) is 4.39. The summed E-state index contributed by atoms with van der Waals surface area (Å²) in [5.41, 5.74) is 5.84. The van der Waals surface area contributed by atoms with Gasteiger partial charge in [0.2, 0.25) is 0 Å². The highest BCUT2D eigenvalue weighted by Gasteiger charge is 2.04. The molecule has 0 saturated carbocycles. The summed E-state index contributed by atoms with van der Waals surface area (Å²) in [5, 5.41) is 16.9. The molecule has 0 amide bonds. The molecule has 0 bridgehead atoms. The smallest absolute Gasteiger partial charge is 0.303 e. The maximum absolute atomic E-state index is 10.3. The number of rotatable bonds is 11. The molecule has 0 aliphatic carbocycles. The number of carbonyl (C=O) groups is 2. The Labute approximate surface area is 102 Å². The fourth-order valence-corrected chi connectivity index (χ4v) is 1.70. The number of aliphatic carboxylic acids is 2. The molecule has 0 unspecified atom stereocenters. The Hall–Kier alpha value is -1.10. The van der Waals surface area contributed by atoms with Gasteiger partial charge in [-0.2, -0.15) is 0 Å². The minimum Gasteiger partial charge on any atom is -0.481 e. The first kappa shape index (κ1) is 15.9. The Morgan fingerprint density at radius 2 is 1.29 bits per heavy atom. The van der Waals surface area contributed by atoms with Gasteiger partial charge in [0, 0.05) is 18.9 Å². The lowest BCUT2D eigenvalue weighted by atomic mass is 10.0. The fourth-order valence-electron chi connectivity index (χ4n) is 1.70. The molecule has 17 heavy (non-hydrogen) atoms. The van der Waals surface area contributed by atoms with Gasteiger partial charge in [-0.1, -0.05) is 19.3 Å². The van der Waals surface area contributed by atoms with Gasteiger partial charge >= 0.3 is 11.9 Å². The average Bonchev–Trinajstić information content (AvgIpc) is 2.22. The van der Waals surface area contributed by atoms with Crippen LogP contribution in [0.4, 0.5) is 0 Å². The van der Waals surface area contributed by atoms with E-state index in [9.17, 15) is 9.59 Å². The summed E-state index contributed by atoms with van der Waals surface area (Å²) < 4.78 is 0. The van der Waals surface area contributed by atoms with E-state index in [2.05, 4.69) is 0 Å². The zero-order chi connectivity index (χ0) is 13.1. The molecule has 0 rings (SSSR count). The second-order valence-corrected chi connectivity index (χ2v) is 4.39. The largest absolute Gasteiger partial charge is 0.481 e. The van der Waals surface area contributed by atoms with Gasteiger partial charge in [0.25, 0.3) is 0 Å². The Bertz CT molecular complexity index is 231. The number of unbranched alkanes of at least 4 members (excludes halogenated alkanes) is 3. The summed E-state index contributed by atoms with van der Waals surface area (Å²) in [4.78, 5) is 20.5. The molecule has 0 aromatic heterocycles. The lowest BCUT2D eigenvalue weighted by Gasteiger charge is -2.10. The van der Waals surface area contributed by atoms with Crippen LogP contribution in [0.3, 0.4) is 0 Å². The van der Waals surface area contributed by atoms with Gasteiger partial charge in [0.1, 0.15) is 0 Å². The van der Waals surface area contributed by atoms with E-state index in [1.54, 1.807) is 0 Å². The standard InChI is InChI=1S/C12H23NO4/c13-10(7-5-9-12(16)17)6-3-1-2-4-8-11(14)15/h10H,1-9,13H2,(H,14,15)(H,16,17)/t10-/m0/s1. The maximum Gasteiger partial charge on any atom is 0.303 e. The van der Waals surface area contributed by atoms with Crippen molar-refractivity contribution in [2.45, 2.75) is 63.8 Å². The van der Waals surface area contributed by atoms with Gasteiger partial charge in [-0.3, -0.25) is 9.59 Å². The highest BCUT2D eigenvalue weighted by Crippen LogP contribution is 2.10. The first-order valence-corrected chi connectivity index (χ1v) is 6.21. The van der Waals surface area contributed by atoms with E-state index in [1.807, 2.05) is 0 Å². The molecule has 0 aromatic rings. The Kier molecular flexibility index (Phi) is 9.43. The van der Waals surface area contributed by atoms with Crippen LogP contribution in [0.1, 0.15) is 57.8 Å². The van der Waals surface area contributed by atoms with Crippen molar-refractivity contribution in [1.29, 1.82) is 0 Å². The highest BCUT2D eigenvalue weighted by atomic mass is 16.4. The van der Waals surface area contributed by atoms with Crippen LogP contribution in [-0.2, 0) is 9.59 Å². The molecule has 1 atom stereocenters. The fraction of sp³-hybridized carbons (Fsp3) is 0.833. The van der Waals surface area contributed by atoms with Crippen molar-refractivity contribution in [3.05, 3.63) is 0 Å². The third kappa shape index (κ3) is 12.8. The third-order valence-electron chi connectivity index (χ3n) is 2.68. The topological polar surface area (TPSA) is 101 Å². The first-order chi connectivity index (χ1) is 8.02. The number of carboxylic acid groups (broad SMARTS) is 2. The molecule has 100 valence electrons. The minimum atomic E-state index is -0.772. The molecule has 5 heteroatoms. The summed E-state index contributed by atoms with van der Waals surface area (Å²) in [5.74, 6) is -1.51. The third-order valence-corrected chi connectivity index (χ3v) is 2.68. The van der Waals surface area contributed by atoms with E-state index in [0.29, 0.717) is 6.42 Å². The van der Waals surface area contributed by atoms with Gasteiger partial charge in [-0.15, -0.1) is 0 Å².